The highest BCUT2D eigenvalue weighted by Gasteiger charge is 2.10. The number of carbonyl (C=O) groups excluding carboxylic acids is 1. The van der Waals surface area contributed by atoms with E-state index < -0.39 is 0 Å². The number of allylic oxidation sites excluding steroid dienone is 1. The Balaban J connectivity index is 0. The Morgan fingerprint density at radius 1 is 1.10 bits per heavy atom. The van der Waals surface area contributed by atoms with Crippen LogP contribution in [0.25, 0.3) is 0 Å². The highest BCUT2D eigenvalue weighted by molar-refractivity contribution is 5.66. The van der Waals surface area contributed by atoms with Gasteiger partial charge in [-0.1, -0.05) is 47.1 Å². The predicted molar refractivity (Wildman–Crippen MR) is 95.9 cm³/mol. The fourth-order valence-corrected chi connectivity index (χ4v) is 1.71. The van der Waals surface area contributed by atoms with E-state index in [9.17, 15) is 4.79 Å². The zero-order valence-electron chi connectivity index (χ0n) is 15.4. The monoisotopic (exact) mass is 291 g/mol. The van der Waals surface area contributed by atoms with Gasteiger partial charge in [-0.2, -0.15) is 0 Å². The van der Waals surface area contributed by atoms with Gasteiger partial charge in [0.1, 0.15) is 5.94 Å². The summed E-state index contributed by atoms with van der Waals surface area (Å²) in [7, 11) is 1.91. The Hall–Kier alpha value is -1.53. The molecule has 0 unspecified atom stereocenters. The lowest BCUT2D eigenvalue weighted by Crippen LogP contribution is -2.16. The van der Waals surface area contributed by atoms with Crippen molar-refractivity contribution in [2.24, 2.45) is 0 Å². The minimum atomic E-state index is 0.609. The molecule has 0 radical (unpaired) electrons. The topological polar surface area (TPSA) is 20.3 Å². The zero-order valence-corrected chi connectivity index (χ0v) is 15.4. The molecule has 0 heterocycles. The quantitative estimate of drug-likeness (QED) is 0.687. The highest BCUT2D eigenvalue weighted by atomic mass is 16.1. The van der Waals surface area contributed by atoms with Crippen LogP contribution in [0.4, 0.5) is 5.69 Å². The van der Waals surface area contributed by atoms with Gasteiger partial charge in [-0.05, 0) is 49.9 Å². The molecule has 0 fully saturated rings. The lowest BCUT2D eigenvalue weighted by Gasteiger charge is -2.22. The zero-order chi connectivity index (χ0) is 17.0. The van der Waals surface area contributed by atoms with E-state index in [1.54, 1.807) is 6.92 Å². The van der Waals surface area contributed by atoms with Gasteiger partial charge in [-0.3, -0.25) is 0 Å². The summed E-state index contributed by atoms with van der Waals surface area (Å²) in [5.41, 5.74) is 5.52. The van der Waals surface area contributed by atoms with Gasteiger partial charge in [0.25, 0.3) is 0 Å². The molecule has 0 bridgehead atoms. The number of rotatable bonds is 3. The van der Waals surface area contributed by atoms with Crippen LogP contribution >= 0.6 is 0 Å². The van der Waals surface area contributed by atoms with Crippen LogP contribution < -0.4 is 4.90 Å². The number of hydrogen-bond donors (Lipinski definition) is 0. The molecule has 0 N–H and O–H groups in total. The van der Waals surface area contributed by atoms with Crippen LogP contribution in [-0.4, -0.2) is 13.0 Å². The number of aryl methyl sites for hydroxylation is 3. The molecule has 0 saturated heterocycles. The number of benzene rings is 1. The molecule has 2 nitrogen and oxygen atoms in total. The third-order valence-corrected chi connectivity index (χ3v) is 3.09. The first kappa shape index (κ1) is 21.8. The number of nitrogens with zero attached hydrogens (tertiary/aromatic N) is 1. The fourth-order valence-electron chi connectivity index (χ4n) is 1.71. The summed E-state index contributed by atoms with van der Waals surface area (Å²) >= 11 is 0. The molecule has 0 spiro atoms. The van der Waals surface area contributed by atoms with Crippen LogP contribution in [0.1, 0.15) is 64.7 Å². The summed E-state index contributed by atoms with van der Waals surface area (Å²) in [6, 6.07) is 4.33. The van der Waals surface area contributed by atoms with E-state index in [2.05, 4.69) is 46.8 Å². The van der Waals surface area contributed by atoms with Crippen molar-refractivity contribution in [1.82, 2.24) is 0 Å². The van der Waals surface area contributed by atoms with E-state index in [0.29, 0.717) is 5.70 Å². The second-order valence-corrected chi connectivity index (χ2v) is 4.87. The van der Waals surface area contributed by atoms with Crippen molar-refractivity contribution in [3.8, 4) is 0 Å². The second kappa shape index (κ2) is 12.2. The fraction of sp³-hybridized carbons (Fsp3) is 0.579. The number of anilines is 1. The van der Waals surface area contributed by atoms with E-state index in [1.165, 1.54) is 23.1 Å². The predicted octanol–water partition coefficient (Wildman–Crippen LogP) is 5.48. The van der Waals surface area contributed by atoms with Gasteiger partial charge in [0.05, 0.1) is 5.70 Å². The minimum Gasteiger partial charge on any atom is -0.339 e. The van der Waals surface area contributed by atoms with Gasteiger partial charge in [0, 0.05) is 12.7 Å². The summed E-state index contributed by atoms with van der Waals surface area (Å²) in [5, 5.41) is 0. The Kier molecular flexibility index (Phi) is 12.7. The van der Waals surface area contributed by atoms with E-state index in [4.69, 9.17) is 0 Å². The molecule has 21 heavy (non-hydrogen) atoms. The van der Waals surface area contributed by atoms with E-state index >= 15 is 0 Å². The van der Waals surface area contributed by atoms with Gasteiger partial charge in [0.2, 0.25) is 0 Å². The van der Waals surface area contributed by atoms with Crippen molar-refractivity contribution in [2.45, 2.75) is 68.2 Å². The van der Waals surface area contributed by atoms with Crippen LogP contribution in [-0.2, 0) is 11.2 Å². The van der Waals surface area contributed by atoms with Crippen molar-refractivity contribution in [2.75, 3.05) is 11.9 Å². The van der Waals surface area contributed by atoms with Crippen LogP contribution in [0.5, 0.6) is 0 Å². The summed E-state index contributed by atoms with van der Waals surface area (Å²) in [6.45, 7) is 16.4. The first-order valence-electron chi connectivity index (χ1n) is 7.98. The third kappa shape index (κ3) is 7.15. The summed E-state index contributed by atoms with van der Waals surface area (Å²) in [6.07, 6.45) is 2.22. The molecule has 0 aliphatic rings. The first-order chi connectivity index (χ1) is 9.92. The Labute approximate surface area is 131 Å². The van der Waals surface area contributed by atoms with Crippen molar-refractivity contribution in [3.05, 3.63) is 34.5 Å². The van der Waals surface area contributed by atoms with Gasteiger partial charge < -0.3 is 4.90 Å². The average Bonchev–Trinajstić information content (AvgIpc) is 2.50. The van der Waals surface area contributed by atoms with Gasteiger partial charge in [-0.25, -0.2) is 4.79 Å². The van der Waals surface area contributed by atoms with Crippen LogP contribution in [0.3, 0.4) is 0 Å². The highest BCUT2D eigenvalue weighted by Crippen LogP contribution is 2.26. The Morgan fingerprint density at radius 2 is 1.52 bits per heavy atom. The molecular weight excluding hydrogens is 258 g/mol. The molecule has 0 atom stereocenters. The number of hydrogen-bond acceptors (Lipinski definition) is 2. The van der Waals surface area contributed by atoms with Crippen LogP contribution in [0, 0.1) is 13.8 Å². The lowest BCUT2D eigenvalue weighted by molar-refractivity contribution is 0.566. The Morgan fingerprint density at radius 3 is 1.90 bits per heavy atom. The maximum Gasteiger partial charge on any atom is 0.145 e. The SMILES string of the molecule is CC.CCC.CCc1cc(C)c(C)cc1N(C)C(C)=C=O. The maximum absolute atomic E-state index is 10.7. The van der Waals surface area contributed by atoms with Crippen molar-refractivity contribution >= 4 is 11.6 Å². The van der Waals surface area contributed by atoms with E-state index in [0.717, 1.165) is 12.1 Å². The second-order valence-electron chi connectivity index (χ2n) is 4.87. The van der Waals surface area contributed by atoms with E-state index in [1.807, 2.05) is 31.7 Å². The van der Waals surface area contributed by atoms with Crippen molar-refractivity contribution < 1.29 is 4.79 Å². The summed E-state index contributed by atoms with van der Waals surface area (Å²) in [4.78, 5) is 12.6. The molecule has 1 aromatic rings. The Bertz CT molecular complexity index is 457. The normalized spacial score (nSPS) is 8.62. The molecule has 120 valence electrons. The van der Waals surface area contributed by atoms with Gasteiger partial charge in [0.15, 0.2) is 0 Å². The van der Waals surface area contributed by atoms with Crippen molar-refractivity contribution in [1.29, 1.82) is 0 Å². The molecule has 0 aromatic heterocycles. The standard InChI is InChI=1S/C14H19NO.C3H8.C2H6/c1-6-13-7-10(2)11(3)8-14(13)15(5)12(4)9-16;1-3-2;1-2/h7-8H,6H2,1-5H3;3H2,1-2H3;1-2H3. The average molecular weight is 291 g/mol. The smallest absolute Gasteiger partial charge is 0.145 e. The largest absolute Gasteiger partial charge is 0.339 e. The van der Waals surface area contributed by atoms with Gasteiger partial charge in [-0.15, -0.1) is 0 Å². The van der Waals surface area contributed by atoms with Crippen LogP contribution in [0.15, 0.2) is 17.8 Å². The molecular formula is C19H33NO. The molecule has 0 aliphatic heterocycles. The van der Waals surface area contributed by atoms with Gasteiger partial charge >= 0.3 is 0 Å². The molecule has 0 saturated carbocycles. The minimum absolute atomic E-state index is 0.609. The first-order valence-corrected chi connectivity index (χ1v) is 7.98. The summed E-state index contributed by atoms with van der Waals surface area (Å²) < 4.78 is 0. The molecule has 1 aromatic carbocycles. The van der Waals surface area contributed by atoms with E-state index in [-0.39, 0.29) is 0 Å². The lowest BCUT2D eigenvalue weighted by atomic mass is 10.0. The molecule has 2 heteroatoms. The maximum atomic E-state index is 10.7. The molecule has 0 amide bonds. The molecule has 1 rings (SSSR count). The summed E-state index contributed by atoms with van der Waals surface area (Å²) in [5.74, 6) is 1.94. The van der Waals surface area contributed by atoms with Crippen LogP contribution in [0.2, 0.25) is 0 Å². The van der Waals surface area contributed by atoms with Crippen molar-refractivity contribution in [3.63, 3.8) is 0 Å². The third-order valence-electron chi connectivity index (χ3n) is 3.09. The molecule has 0 aliphatic carbocycles.